The van der Waals surface area contributed by atoms with Gasteiger partial charge in [0.25, 0.3) is 0 Å². The van der Waals surface area contributed by atoms with Crippen LogP contribution < -0.4 is 4.74 Å². The lowest BCUT2D eigenvalue weighted by molar-refractivity contribution is 0.386. The number of hydrogen-bond donors (Lipinski definition) is 0. The monoisotopic (exact) mass is 308 g/mol. The first-order valence-corrected chi connectivity index (χ1v) is 6.91. The smallest absolute Gasteiger partial charge is 0.167 e. The third kappa shape index (κ3) is 2.06. The summed E-state index contributed by atoms with van der Waals surface area (Å²) in [5.74, 6) is 0.634. The van der Waals surface area contributed by atoms with Crippen molar-refractivity contribution in [1.29, 1.82) is 0 Å². The molecule has 7 heteroatoms. The number of nitrogens with zero attached hydrogens (tertiary/aromatic N) is 4. The van der Waals surface area contributed by atoms with Crippen molar-refractivity contribution in [3.63, 3.8) is 0 Å². The molecule has 0 atom stereocenters. The van der Waals surface area contributed by atoms with Gasteiger partial charge in [-0.25, -0.2) is 14.1 Å². The normalized spacial score (nSPS) is 11.3. The molecule has 2 heterocycles. The SMILES string of the molecule is COc1ccc(-n2c(CCl)nc3c(C)nn(C)c32)cc1F. The predicted molar refractivity (Wildman–Crippen MR) is 78.6 cm³/mol. The number of methoxy groups -OCH3 is 1. The molecule has 0 aliphatic heterocycles. The van der Waals surface area contributed by atoms with Crippen LogP contribution in [-0.2, 0) is 12.9 Å². The van der Waals surface area contributed by atoms with E-state index < -0.39 is 5.82 Å². The third-order valence-corrected chi connectivity index (χ3v) is 3.62. The highest BCUT2D eigenvalue weighted by Gasteiger charge is 2.18. The zero-order valence-electron chi connectivity index (χ0n) is 11.9. The molecule has 0 aliphatic carbocycles. The minimum atomic E-state index is -0.434. The number of rotatable bonds is 3. The molecule has 0 bridgehead atoms. The average Bonchev–Trinajstić information content (AvgIpc) is 2.97. The summed E-state index contributed by atoms with van der Waals surface area (Å²) in [5, 5.41) is 4.34. The van der Waals surface area contributed by atoms with Crippen LogP contribution in [0.25, 0.3) is 16.9 Å². The van der Waals surface area contributed by atoms with Gasteiger partial charge in [0, 0.05) is 13.1 Å². The standard InChI is InChI=1S/C14H14ClFN4O/c1-8-13-14(19(2)18-8)20(12(7-15)17-13)9-4-5-11(21-3)10(16)6-9/h4-6H,7H2,1-3H3. The molecule has 0 fully saturated rings. The van der Waals surface area contributed by atoms with Crippen molar-refractivity contribution < 1.29 is 9.13 Å². The van der Waals surface area contributed by atoms with Crippen LogP contribution in [0.3, 0.4) is 0 Å². The Morgan fingerprint density at radius 1 is 1.38 bits per heavy atom. The first-order chi connectivity index (χ1) is 10.1. The Morgan fingerprint density at radius 2 is 2.14 bits per heavy atom. The van der Waals surface area contributed by atoms with Gasteiger partial charge < -0.3 is 4.74 Å². The molecule has 0 aliphatic rings. The first-order valence-electron chi connectivity index (χ1n) is 6.37. The lowest BCUT2D eigenvalue weighted by Crippen LogP contribution is -2.05. The number of alkyl halides is 1. The Kier molecular flexibility index (Phi) is 3.33. The zero-order valence-corrected chi connectivity index (χ0v) is 12.6. The molecule has 5 nitrogen and oxygen atoms in total. The largest absolute Gasteiger partial charge is 0.494 e. The van der Waals surface area contributed by atoms with Crippen LogP contribution in [0.1, 0.15) is 11.5 Å². The molecule has 1 aromatic carbocycles. The van der Waals surface area contributed by atoms with E-state index in [1.807, 2.05) is 18.5 Å². The maximum Gasteiger partial charge on any atom is 0.167 e. The van der Waals surface area contributed by atoms with E-state index in [2.05, 4.69) is 10.1 Å². The number of hydrogen-bond acceptors (Lipinski definition) is 3. The molecule has 110 valence electrons. The molecule has 0 spiro atoms. The summed E-state index contributed by atoms with van der Waals surface area (Å²) in [4.78, 5) is 4.49. The van der Waals surface area contributed by atoms with Gasteiger partial charge in [-0.05, 0) is 19.1 Å². The summed E-state index contributed by atoms with van der Waals surface area (Å²) in [5.41, 5.74) is 3.00. The quantitative estimate of drug-likeness (QED) is 0.699. The molecule has 0 saturated heterocycles. The molecule has 0 N–H and O–H groups in total. The second kappa shape index (κ2) is 5.04. The Labute approximate surface area is 125 Å². The Morgan fingerprint density at radius 3 is 2.76 bits per heavy atom. The van der Waals surface area contributed by atoms with Crippen LogP contribution in [0.5, 0.6) is 5.75 Å². The maximum absolute atomic E-state index is 14.0. The highest BCUT2D eigenvalue weighted by Crippen LogP contribution is 2.27. The van der Waals surface area contributed by atoms with Crippen LogP contribution >= 0.6 is 11.6 Å². The molecule has 0 unspecified atom stereocenters. The van der Waals surface area contributed by atoms with Crippen molar-refractivity contribution in [3.05, 3.63) is 35.5 Å². The van der Waals surface area contributed by atoms with E-state index in [4.69, 9.17) is 16.3 Å². The van der Waals surface area contributed by atoms with Crippen LogP contribution in [0.2, 0.25) is 0 Å². The highest BCUT2D eigenvalue weighted by atomic mass is 35.5. The van der Waals surface area contributed by atoms with Crippen molar-refractivity contribution in [2.75, 3.05) is 7.11 Å². The predicted octanol–water partition coefficient (Wildman–Crippen LogP) is 2.95. The minimum Gasteiger partial charge on any atom is -0.494 e. The lowest BCUT2D eigenvalue weighted by atomic mass is 10.3. The van der Waals surface area contributed by atoms with E-state index in [9.17, 15) is 4.39 Å². The molecule has 0 radical (unpaired) electrons. The number of aromatic nitrogens is 4. The number of imidazole rings is 1. The molecule has 3 aromatic rings. The summed E-state index contributed by atoms with van der Waals surface area (Å²) >= 11 is 5.98. The van der Waals surface area contributed by atoms with E-state index in [1.165, 1.54) is 13.2 Å². The zero-order chi connectivity index (χ0) is 15.1. The van der Waals surface area contributed by atoms with Gasteiger partial charge in [0.1, 0.15) is 11.3 Å². The summed E-state index contributed by atoms with van der Waals surface area (Å²) < 4.78 is 22.4. The second-order valence-corrected chi connectivity index (χ2v) is 4.96. The van der Waals surface area contributed by atoms with Gasteiger partial charge in [0.2, 0.25) is 0 Å². The molecular formula is C14H14ClFN4O. The fraction of sp³-hybridized carbons (Fsp3) is 0.286. The summed E-state index contributed by atoms with van der Waals surface area (Å²) in [6.45, 7) is 1.88. The molecule has 2 aromatic heterocycles. The fourth-order valence-electron chi connectivity index (χ4n) is 2.47. The fourth-order valence-corrected chi connectivity index (χ4v) is 2.65. The minimum absolute atomic E-state index is 0.198. The Hall–Kier alpha value is -2.08. The Bertz CT molecular complexity index is 824. The molecule has 21 heavy (non-hydrogen) atoms. The highest BCUT2D eigenvalue weighted by molar-refractivity contribution is 6.17. The van der Waals surface area contributed by atoms with E-state index >= 15 is 0 Å². The van der Waals surface area contributed by atoms with E-state index in [0.717, 1.165) is 16.9 Å². The van der Waals surface area contributed by atoms with Crippen molar-refractivity contribution in [2.45, 2.75) is 12.8 Å². The molecular weight excluding hydrogens is 295 g/mol. The lowest BCUT2D eigenvalue weighted by Gasteiger charge is -2.10. The number of halogens is 2. The van der Waals surface area contributed by atoms with E-state index in [-0.39, 0.29) is 11.6 Å². The number of ether oxygens (including phenoxy) is 1. The van der Waals surface area contributed by atoms with Crippen molar-refractivity contribution in [1.82, 2.24) is 19.3 Å². The van der Waals surface area contributed by atoms with Crippen LogP contribution in [-0.4, -0.2) is 26.4 Å². The number of fused-ring (bicyclic) bond motifs is 1. The van der Waals surface area contributed by atoms with Crippen LogP contribution in [0, 0.1) is 12.7 Å². The van der Waals surface area contributed by atoms with Gasteiger partial charge in [0.05, 0.1) is 24.4 Å². The van der Waals surface area contributed by atoms with E-state index in [1.54, 1.807) is 16.8 Å². The van der Waals surface area contributed by atoms with E-state index in [0.29, 0.717) is 11.5 Å². The third-order valence-electron chi connectivity index (χ3n) is 3.38. The van der Waals surface area contributed by atoms with Crippen molar-refractivity contribution >= 4 is 22.8 Å². The van der Waals surface area contributed by atoms with Gasteiger partial charge in [-0.1, -0.05) is 0 Å². The van der Waals surface area contributed by atoms with Crippen molar-refractivity contribution in [2.24, 2.45) is 7.05 Å². The molecule has 0 amide bonds. The average molecular weight is 309 g/mol. The molecule has 0 saturated carbocycles. The second-order valence-electron chi connectivity index (χ2n) is 4.70. The summed E-state index contributed by atoms with van der Waals surface area (Å²) in [6, 6.07) is 4.75. The Balaban J connectivity index is 2.30. The van der Waals surface area contributed by atoms with Crippen LogP contribution in [0.15, 0.2) is 18.2 Å². The molecule has 3 rings (SSSR count). The first kappa shape index (κ1) is 13.9. The van der Waals surface area contributed by atoms with Crippen molar-refractivity contribution in [3.8, 4) is 11.4 Å². The van der Waals surface area contributed by atoms with Gasteiger partial charge in [-0.3, -0.25) is 4.57 Å². The summed E-state index contributed by atoms with van der Waals surface area (Å²) in [7, 11) is 3.26. The van der Waals surface area contributed by atoms with Gasteiger partial charge in [-0.2, -0.15) is 5.10 Å². The van der Waals surface area contributed by atoms with Gasteiger partial charge in [0.15, 0.2) is 17.2 Å². The van der Waals surface area contributed by atoms with Gasteiger partial charge in [-0.15, -0.1) is 11.6 Å². The number of aryl methyl sites for hydroxylation is 2. The van der Waals surface area contributed by atoms with Gasteiger partial charge >= 0.3 is 0 Å². The topological polar surface area (TPSA) is 44.9 Å². The van der Waals surface area contributed by atoms with Crippen LogP contribution in [0.4, 0.5) is 4.39 Å². The summed E-state index contributed by atoms with van der Waals surface area (Å²) in [6.07, 6.45) is 0. The number of benzene rings is 1. The maximum atomic E-state index is 14.0.